The van der Waals surface area contributed by atoms with Gasteiger partial charge in [-0.15, -0.1) is 11.3 Å². The average molecular weight is 616 g/mol. The molecule has 2 amide bonds. The SMILES string of the molecule is COc1ccc(NC(=O)C(C2CC=CCC2)N(Cc2nc(-c3ccc(Cl)cc3)cs2)C(=O)Cc2ccccc2)c(OC)c1. The fraction of sp³-hybridized carbons (Fsp3) is 0.265. The molecule has 222 valence electrons. The summed E-state index contributed by atoms with van der Waals surface area (Å²) in [6, 6.07) is 21.6. The Hall–Kier alpha value is -4.14. The molecular formula is C34H34ClN3O4S. The zero-order chi connectivity index (χ0) is 30.2. The highest BCUT2D eigenvalue weighted by Crippen LogP contribution is 2.33. The number of allylic oxidation sites excluding steroid dienone is 2. The van der Waals surface area contributed by atoms with Gasteiger partial charge >= 0.3 is 0 Å². The van der Waals surface area contributed by atoms with Crippen molar-refractivity contribution < 1.29 is 19.1 Å². The van der Waals surface area contributed by atoms with Crippen LogP contribution < -0.4 is 14.8 Å². The third-order valence-electron chi connectivity index (χ3n) is 7.54. The van der Waals surface area contributed by atoms with Crippen molar-refractivity contribution in [3.05, 3.63) is 106 Å². The first-order valence-electron chi connectivity index (χ1n) is 14.2. The van der Waals surface area contributed by atoms with Crippen LogP contribution in [0.2, 0.25) is 5.02 Å². The predicted octanol–water partition coefficient (Wildman–Crippen LogP) is 7.42. The fourth-order valence-corrected chi connectivity index (χ4v) is 6.25. The summed E-state index contributed by atoms with van der Waals surface area (Å²) in [5.74, 6) is 0.628. The van der Waals surface area contributed by atoms with Crippen LogP contribution in [0.4, 0.5) is 5.69 Å². The molecule has 0 saturated carbocycles. The summed E-state index contributed by atoms with van der Waals surface area (Å²) in [5.41, 5.74) is 3.14. The number of amides is 2. The number of aromatic nitrogens is 1. The number of nitrogens with zero attached hydrogens (tertiary/aromatic N) is 2. The van der Waals surface area contributed by atoms with Gasteiger partial charge in [-0.3, -0.25) is 9.59 Å². The van der Waals surface area contributed by atoms with Crippen molar-refractivity contribution in [2.75, 3.05) is 19.5 Å². The third-order valence-corrected chi connectivity index (χ3v) is 8.63. The van der Waals surface area contributed by atoms with Gasteiger partial charge in [-0.2, -0.15) is 0 Å². The third kappa shape index (κ3) is 7.63. The number of nitrogens with one attached hydrogen (secondary N) is 1. The minimum Gasteiger partial charge on any atom is -0.497 e. The Morgan fingerprint density at radius 1 is 1.05 bits per heavy atom. The standard InChI is InChI=1S/C34H34ClN3O4S/c1-41-27-17-18-28(30(20-27)42-2)37-34(40)33(25-11-7-4-8-12-25)38(32(39)19-23-9-5-3-6-10-23)21-31-36-29(22-43-31)24-13-15-26(35)16-14-24/h3-7,9-10,13-18,20,22,25,33H,8,11-12,19,21H2,1-2H3,(H,37,40). The minimum atomic E-state index is -0.726. The Morgan fingerprint density at radius 2 is 1.84 bits per heavy atom. The lowest BCUT2D eigenvalue weighted by Gasteiger charge is -2.36. The van der Waals surface area contributed by atoms with Gasteiger partial charge in [0, 0.05) is 22.0 Å². The van der Waals surface area contributed by atoms with Crippen LogP contribution in [0.1, 0.15) is 29.8 Å². The van der Waals surface area contributed by atoms with Gasteiger partial charge in [-0.25, -0.2) is 4.98 Å². The number of carbonyl (C=O) groups excluding carboxylic acids is 2. The average Bonchev–Trinajstić information content (AvgIpc) is 3.51. The number of halogens is 1. The van der Waals surface area contributed by atoms with E-state index >= 15 is 0 Å². The topological polar surface area (TPSA) is 80.8 Å². The first-order valence-corrected chi connectivity index (χ1v) is 15.4. The number of methoxy groups -OCH3 is 2. The van der Waals surface area contributed by atoms with Gasteiger partial charge in [-0.1, -0.05) is 66.2 Å². The lowest BCUT2D eigenvalue weighted by molar-refractivity contribution is -0.141. The summed E-state index contributed by atoms with van der Waals surface area (Å²) in [4.78, 5) is 34.9. The van der Waals surface area contributed by atoms with Crippen molar-refractivity contribution in [2.45, 2.75) is 38.3 Å². The highest BCUT2D eigenvalue weighted by atomic mass is 35.5. The smallest absolute Gasteiger partial charge is 0.247 e. The zero-order valence-corrected chi connectivity index (χ0v) is 25.7. The van der Waals surface area contributed by atoms with Crippen LogP contribution in [0.15, 0.2) is 90.3 Å². The normalized spacial score (nSPS) is 15.0. The number of hydrogen-bond acceptors (Lipinski definition) is 6. The van der Waals surface area contributed by atoms with Crippen LogP contribution in [-0.4, -0.2) is 42.0 Å². The number of anilines is 1. The van der Waals surface area contributed by atoms with E-state index < -0.39 is 6.04 Å². The molecule has 7 nitrogen and oxygen atoms in total. The van der Waals surface area contributed by atoms with E-state index in [2.05, 4.69) is 17.5 Å². The summed E-state index contributed by atoms with van der Waals surface area (Å²) in [5, 5.41) is 6.44. The van der Waals surface area contributed by atoms with Crippen LogP contribution in [0, 0.1) is 5.92 Å². The van der Waals surface area contributed by atoms with Gasteiger partial charge in [0.25, 0.3) is 0 Å². The summed E-state index contributed by atoms with van der Waals surface area (Å²) >= 11 is 7.56. The van der Waals surface area contributed by atoms with Gasteiger partial charge < -0.3 is 19.7 Å². The molecule has 5 rings (SSSR count). The number of rotatable bonds is 11. The molecule has 0 spiro atoms. The quantitative estimate of drug-likeness (QED) is 0.178. The van der Waals surface area contributed by atoms with E-state index in [1.54, 1.807) is 37.3 Å². The molecule has 0 radical (unpaired) electrons. The van der Waals surface area contributed by atoms with Crippen LogP contribution in [0.3, 0.4) is 0 Å². The highest BCUT2D eigenvalue weighted by Gasteiger charge is 2.37. The molecule has 1 heterocycles. The van der Waals surface area contributed by atoms with Crippen LogP contribution in [0.5, 0.6) is 11.5 Å². The molecule has 0 saturated heterocycles. The highest BCUT2D eigenvalue weighted by molar-refractivity contribution is 7.09. The summed E-state index contributed by atoms with van der Waals surface area (Å²) in [7, 11) is 3.12. The zero-order valence-electron chi connectivity index (χ0n) is 24.2. The largest absolute Gasteiger partial charge is 0.497 e. The second-order valence-corrected chi connectivity index (χ2v) is 11.7. The van der Waals surface area contributed by atoms with Gasteiger partial charge in [0.1, 0.15) is 22.5 Å². The first-order chi connectivity index (χ1) is 20.9. The first kappa shape index (κ1) is 30.3. The van der Waals surface area contributed by atoms with Crippen molar-refractivity contribution in [1.82, 2.24) is 9.88 Å². The number of benzene rings is 3. The van der Waals surface area contributed by atoms with E-state index in [0.717, 1.165) is 34.7 Å². The maximum Gasteiger partial charge on any atom is 0.247 e. The van der Waals surface area contributed by atoms with E-state index in [0.29, 0.717) is 28.6 Å². The number of ether oxygens (including phenoxy) is 2. The number of carbonyl (C=O) groups is 2. The lowest BCUT2D eigenvalue weighted by atomic mass is 9.85. The fourth-order valence-electron chi connectivity index (χ4n) is 5.32. The molecule has 1 aliphatic carbocycles. The predicted molar refractivity (Wildman–Crippen MR) is 172 cm³/mol. The summed E-state index contributed by atoms with van der Waals surface area (Å²) in [6.07, 6.45) is 6.74. The molecule has 2 atom stereocenters. The van der Waals surface area contributed by atoms with E-state index in [-0.39, 0.29) is 30.7 Å². The van der Waals surface area contributed by atoms with Crippen LogP contribution in [-0.2, 0) is 22.6 Å². The van der Waals surface area contributed by atoms with Crippen LogP contribution >= 0.6 is 22.9 Å². The summed E-state index contributed by atoms with van der Waals surface area (Å²) < 4.78 is 10.9. The van der Waals surface area contributed by atoms with Gasteiger partial charge in [0.2, 0.25) is 11.8 Å². The molecule has 4 aromatic rings. The molecule has 2 unspecified atom stereocenters. The Bertz CT molecular complexity index is 1570. The maximum absolute atomic E-state index is 14.2. The Morgan fingerprint density at radius 3 is 2.53 bits per heavy atom. The second kappa shape index (κ2) is 14.4. The molecule has 43 heavy (non-hydrogen) atoms. The maximum atomic E-state index is 14.2. The van der Waals surface area contributed by atoms with E-state index in [1.807, 2.05) is 60.0 Å². The van der Waals surface area contributed by atoms with Gasteiger partial charge in [0.05, 0.1) is 38.6 Å². The van der Waals surface area contributed by atoms with E-state index in [9.17, 15) is 9.59 Å². The van der Waals surface area contributed by atoms with Gasteiger partial charge in [0.15, 0.2) is 0 Å². The molecule has 1 aliphatic rings. The van der Waals surface area contributed by atoms with Crippen LogP contribution in [0.25, 0.3) is 11.3 Å². The Balaban J connectivity index is 1.49. The monoisotopic (exact) mass is 615 g/mol. The van der Waals surface area contributed by atoms with Crippen molar-refractivity contribution in [2.24, 2.45) is 5.92 Å². The van der Waals surface area contributed by atoms with E-state index in [4.69, 9.17) is 26.1 Å². The molecule has 3 aromatic carbocycles. The molecule has 1 aromatic heterocycles. The van der Waals surface area contributed by atoms with Crippen molar-refractivity contribution in [3.63, 3.8) is 0 Å². The minimum absolute atomic E-state index is 0.0651. The Labute approximate surface area is 261 Å². The summed E-state index contributed by atoms with van der Waals surface area (Å²) in [6.45, 7) is 0.210. The van der Waals surface area contributed by atoms with Crippen molar-refractivity contribution in [1.29, 1.82) is 0 Å². The molecule has 0 aliphatic heterocycles. The molecule has 0 bridgehead atoms. The van der Waals surface area contributed by atoms with Crippen molar-refractivity contribution in [3.8, 4) is 22.8 Å². The molecule has 0 fully saturated rings. The molecule has 9 heteroatoms. The molecular weight excluding hydrogens is 582 g/mol. The number of hydrogen-bond donors (Lipinski definition) is 1. The van der Waals surface area contributed by atoms with Crippen molar-refractivity contribution >= 4 is 40.4 Å². The second-order valence-electron chi connectivity index (χ2n) is 10.4. The Kier molecular flexibility index (Phi) is 10.1. The van der Waals surface area contributed by atoms with Gasteiger partial charge in [-0.05, 0) is 55.0 Å². The molecule has 1 N–H and O–H groups in total. The van der Waals surface area contributed by atoms with E-state index in [1.165, 1.54) is 11.3 Å². The number of thiazole rings is 1. The lowest BCUT2D eigenvalue weighted by Crippen LogP contribution is -2.51.